The van der Waals surface area contributed by atoms with Crippen LogP contribution in [-0.2, 0) is 9.53 Å². The first-order valence-corrected chi connectivity index (χ1v) is 13.3. The molecular weight excluding hydrogens is 420 g/mol. The molecule has 3 nitrogen and oxygen atoms in total. The lowest BCUT2D eigenvalue weighted by Crippen LogP contribution is -2.35. The smallest absolute Gasteiger partial charge is 0.344 e. The van der Waals surface area contributed by atoms with Crippen LogP contribution in [0.15, 0.2) is 36.4 Å². The van der Waals surface area contributed by atoms with Crippen LogP contribution in [0.25, 0.3) is 10.8 Å². The van der Waals surface area contributed by atoms with Crippen molar-refractivity contribution in [1.82, 2.24) is 0 Å². The maximum absolute atomic E-state index is 12.7. The minimum absolute atomic E-state index is 0.0691. The molecule has 0 aliphatic heterocycles. The highest BCUT2D eigenvalue weighted by Crippen LogP contribution is 2.46. The summed E-state index contributed by atoms with van der Waals surface area (Å²) in [6, 6.07) is 12.7. The summed E-state index contributed by atoms with van der Waals surface area (Å²) in [7, 11) is 0. The van der Waals surface area contributed by atoms with Gasteiger partial charge in [-0.05, 0) is 59.4 Å². The third-order valence-corrected chi connectivity index (χ3v) is 7.72. The second-order valence-electron chi connectivity index (χ2n) is 11.7. The molecule has 34 heavy (non-hydrogen) atoms. The normalized spacial score (nSPS) is 13.7. The molecule has 0 spiro atoms. The standard InChI is InChI=1S/C31H48O3/c1-10-20-31(12-3,13-4)34-28(32)22-33-27-19-15-16-23-24(17-14-18-25(23)27)26(29(5,6)7)21-30(8,9)11-2/h14-19,26H,10-13,20-22H2,1-9H3. The molecule has 0 amide bonds. The molecule has 2 aromatic rings. The molecule has 3 heteroatoms. The van der Waals surface area contributed by atoms with Crippen LogP contribution in [0.3, 0.4) is 0 Å². The zero-order chi connectivity index (χ0) is 25.6. The number of hydrogen-bond acceptors (Lipinski definition) is 3. The van der Waals surface area contributed by atoms with Crippen LogP contribution in [-0.4, -0.2) is 18.2 Å². The number of esters is 1. The highest BCUT2D eigenvalue weighted by molar-refractivity contribution is 5.91. The number of rotatable bonds is 12. The summed E-state index contributed by atoms with van der Waals surface area (Å²) in [5.74, 6) is 0.866. The lowest BCUT2D eigenvalue weighted by atomic mass is 9.67. The Bertz CT molecular complexity index is 931. The first-order valence-electron chi connectivity index (χ1n) is 13.3. The maximum Gasteiger partial charge on any atom is 0.344 e. The van der Waals surface area contributed by atoms with Crippen molar-refractivity contribution in [3.8, 4) is 5.75 Å². The molecule has 2 aromatic carbocycles. The van der Waals surface area contributed by atoms with E-state index in [0.29, 0.717) is 5.92 Å². The van der Waals surface area contributed by atoms with Crippen LogP contribution < -0.4 is 4.74 Å². The van der Waals surface area contributed by atoms with E-state index in [4.69, 9.17) is 9.47 Å². The van der Waals surface area contributed by atoms with Gasteiger partial charge in [-0.1, -0.05) is 105 Å². The van der Waals surface area contributed by atoms with Crippen molar-refractivity contribution in [3.63, 3.8) is 0 Å². The fraction of sp³-hybridized carbons (Fsp3) is 0.645. The van der Waals surface area contributed by atoms with Gasteiger partial charge in [0.15, 0.2) is 6.61 Å². The molecule has 190 valence electrons. The van der Waals surface area contributed by atoms with Crippen molar-refractivity contribution < 1.29 is 14.3 Å². The second-order valence-corrected chi connectivity index (χ2v) is 11.7. The molecule has 0 saturated heterocycles. The zero-order valence-corrected chi connectivity index (χ0v) is 23.2. The minimum Gasteiger partial charge on any atom is -0.481 e. The average molecular weight is 469 g/mol. The van der Waals surface area contributed by atoms with Gasteiger partial charge in [-0.25, -0.2) is 4.79 Å². The number of hydrogen-bond donors (Lipinski definition) is 0. The molecule has 2 rings (SSSR count). The predicted octanol–water partition coefficient (Wildman–Crippen LogP) is 9.08. The van der Waals surface area contributed by atoms with Crippen LogP contribution in [0.4, 0.5) is 0 Å². The molecule has 1 atom stereocenters. The largest absolute Gasteiger partial charge is 0.481 e. The summed E-state index contributed by atoms with van der Waals surface area (Å²) < 4.78 is 12.0. The van der Waals surface area contributed by atoms with Crippen LogP contribution in [0.1, 0.15) is 112 Å². The Labute approximate surface area is 208 Å². The molecule has 0 radical (unpaired) electrons. The predicted molar refractivity (Wildman–Crippen MR) is 145 cm³/mol. The lowest BCUT2D eigenvalue weighted by molar-refractivity contribution is -0.164. The van der Waals surface area contributed by atoms with E-state index in [1.165, 1.54) is 10.9 Å². The highest BCUT2D eigenvalue weighted by atomic mass is 16.6. The van der Waals surface area contributed by atoms with Gasteiger partial charge in [-0.15, -0.1) is 0 Å². The number of carbonyl (C=O) groups excluding carboxylic acids is 1. The van der Waals surface area contributed by atoms with Crippen molar-refractivity contribution in [2.45, 2.75) is 112 Å². The molecule has 0 aromatic heterocycles. The molecule has 0 N–H and O–H groups in total. The first-order chi connectivity index (χ1) is 15.9. The summed E-state index contributed by atoms with van der Waals surface area (Å²) in [5, 5.41) is 2.27. The molecule has 1 unspecified atom stereocenters. The van der Waals surface area contributed by atoms with Crippen molar-refractivity contribution in [2.24, 2.45) is 10.8 Å². The van der Waals surface area contributed by atoms with Crippen LogP contribution in [0, 0.1) is 10.8 Å². The summed E-state index contributed by atoms with van der Waals surface area (Å²) in [6.45, 7) is 20.2. The summed E-state index contributed by atoms with van der Waals surface area (Å²) in [4.78, 5) is 12.7. The molecule has 0 aliphatic rings. The quantitative estimate of drug-likeness (QED) is 0.291. The lowest BCUT2D eigenvalue weighted by Gasteiger charge is -2.38. The number of fused-ring (bicyclic) bond motifs is 1. The van der Waals surface area contributed by atoms with Crippen LogP contribution in [0.2, 0.25) is 0 Å². The van der Waals surface area contributed by atoms with Gasteiger partial charge in [0.1, 0.15) is 11.4 Å². The second kappa shape index (κ2) is 11.6. The molecule has 0 bridgehead atoms. The van der Waals surface area contributed by atoms with E-state index >= 15 is 0 Å². The Morgan fingerprint density at radius 3 is 2.03 bits per heavy atom. The summed E-state index contributed by atoms with van der Waals surface area (Å²) >= 11 is 0. The number of ether oxygens (including phenoxy) is 2. The van der Waals surface area contributed by atoms with Crippen molar-refractivity contribution in [1.29, 1.82) is 0 Å². The third kappa shape index (κ3) is 6.99. The molecule has 0 heterocycles. The maximum atomic E-state index is 12.7. The Balaban J connectivity index is 2.34. The van der Waals surface area contributed by atoms with Crippen molar-refractivity contribution in [2.75, 3.05) is 6.61 Å². The monoisotopic (exact) mass is 468 g/mol. The third-order valence-electron chi connectivity index (χ3n) is 7.72. The van der Waals surface area contributed by atoms with E-state index in [1.54, 1.807) is 0 Å². The number of carbonyl (C=O) groups is 1. The Morgan fingerprint density at radius 1 is 0.853 bits per heavy atom. The van der Waals surface area contributed by atoms with Gasteiger partial charge in [0, 0.05) is 5.39 Å². The van der Waals surface area contributed by atoms with Gasteiger partial charge >= 0.3 is 5.97 Å². The fourth-order valence-electron chi connectivity index (χ4n) is 4.98. The van der Waals surface area contributed by atoms with Gasteiger partial charge in [-0.3, -0.25) is 0 Å². The average Bonchev–Trinajstić information content (AvgIpc) is 2.80. The zero-order valence-electron chi connectivity index (χ0n) is 23.2. The molecule has 0 aliphatic carbocycles. The summed E-state index contributed by atoms with van der Waals surface area (Å²) in [5.41, 5.74) is 1.37. The minimum atomic E-state index is -0.382. The SMILES string of the molecule is CCCC(CC)(CC)OC(=O)COc1cccc2c(C(CC(C)(C)CC)C(C)(C)C)cccc12. The van der Waals surface area contributed by atoms with Crippen LogP contribution >= 0.6 is 0 Å². The van der Waals surface area contributed by atoms with Gasteiger partial charge < -0.3 is 9.47 Å². The van der Waals surface area contributed by atoms with E-state index < -0.39 is 0 Å². The number of benzene rings is 2. The molecule has 0 fully saturated rings. The van der Waals surface area contributed by atoms with E-state index in [9.17, 15) is 4.79 Å². The van der Waals surface area contributed by atoms with Gasteiger partial charge in [0.2, 0.25) is 0 Å². The highest BCUT2D eigenvalue weighted by Gasteiger charge is 2.33. The van der Waals surface area contributed by atoms with Crippen molar-refractivity contribution in [3.05, 3.63) is 42.0 Å². The summed E-state index contributed by atoms with van der Waals surface area (Å²) in [6.07, 6.45) is 5.79. The Hall–Kier alpha value is -2.03. The van der Waals surface area contributed by atoms with E-state index in [-0.39, 0.29) is 29.0 Å². The molecule has 0 saturated carbocycles. The van der Waals surface area contributed by atoms with E-state index in [1.807, 2.05) is 12.1 Å². The Kier molecular flexibility index (Phi) is 9.62. The molecular formula is C31H48O3. The van der Waals surface area contributed by atoms with E-state index in [2.05, 4.69) is 86.6 Å². The Morgan fingerprint density at radius 2 is 1.47 bits per heavy atom. The van der Waals surface area contributed by atoms with Gasteiger partial charge in [0.25, 0.3) is 0 Å². The fourth-order valence-corrected chi connectivity index (χ4v) is 4.98. The van der Waals surface area contributed by atoms with Crippen LogP contribution in [0.5, 0.6) is 5.75 Å². The first kappa shape index (κ1) is 28.2. The van der Waals surface area contributed by atoms with Crippen molar-refractivity contribution >= 4 is 16.7 Å². The topological polar surface area (TPSA) is 35.5 Å². The van der Waals surface area contributed by atoms with Gasteiger partial charge in [-0.2, -0.15) is 0 Å². The van der Waals surface area contributed by atoms with E-state index in [0.717, 1.165) is 49.7 Å². The van der Waals surface area contributed by atoms with Gasteiger partial charge in [0.05, 0.1) is 0 Å².